The van der Waals surface area contributed by atoms with Gasteiger partial charge in [-0.1, -0.05) is 55.5 Å². The van der Waals surface area contributed by atoms with E-state index in [1.54, 1.807) is 87.0 Å². The van der Waals surface area contributed by atoms with E-state index in [0.29, 0.717) is 74.5 Å². The molecule has 5 aliphatic rings. The molecule has 0 aliphatic carbocycles. The van der Waals surface area contributed by atoms with Gasteiger partial charge in [-0.2, -0.15) is 40.8 Å². The third-order valence-electron chi connectivity index (χ3n) is 21.6. The van der Waals surface area contributed by atoms with Gasteiger partial charge in [0.1, 0.15) is 69.2 Å². The lowest BCUT2D eigenvalue weighted by Gasteiger charge is -2.23. The number of rotatable bonds is 34. The van der Waals surface area contributed by atoms with E-state index in [1.807, 2.05) is 74.5 Å². The number of ether oxygens (including phenoxy) is 8. The number of fused-ring (bicyclic) bond motifs is 1. The molecule has 147 heavy (non-hydrogen) atoms. The van der Waals surface area contributed by atoms with Crippen LogP contribution in [0.4, 0.5) is 46.0 Å². The van der Waals surface area contributed by atoms with Crippen molar-refractivity contribution in [3.8, 4) is 68.6 Å². The summed E-state index contributed by atoms with van der Waals surface area (Å²) in [6.07, 6.45) is 15.8. The third-order valence-corrected chi connectivity index (χ3v) is 21.8. The standard InChI is InChI=1S/C33H31FN6O7.C25H28ClFN6O3.C24H20FN5O4.C21H20FN5O3/c1-18-25(44-5)15-21(16-26(18)45-6)30-31(47-17-35-30)20-10-11-24(43-4)27(14-20)46-13-12-28(42)40(3)23-9-7-8-22(34)29(23)33-38-36-32(19(2)41)37-39-33;1-4-14-33(15-13-26)18-8-10-19(11-9-18)36-16-12-22(35)32(3)21-7-5-6-20(27)23(21)25-30-28-24(17(2)34)29-31-25;1-14-7-8-16-9-10-17(13-20(16)34-14)33-12-11-21(32)30(3)19-6-4-5-18(25)22(19)24-28-26-23(15(2)31)27-29-24;1-13-7-9-15(10-8-13)30-12-11-18(29)27(3)17-6-4-5-16(22)19(17)21-25-23-20(14(2)28)24-26-21/h7-17H,1-6H3,(H,36,37)(H,38,39);5-12,16H,4,13-15H2,1-3H3,(H,28,29)(H,30,31);4-13H,1H2,2-3H3,(H,26,27)(H,28,29);4-12H,1-3H3,(H,23,24)(H,25,26)/b13-12+;16-12+;2*12-11+. The van der Waals surface area contributed by atoms with Crippen LogP contribution in [0, 0.1) is 37.1 Å². The van der Waals surface area contributed by atoms with E-state index < -0.39 is 46.9 Å². The van der Waals surface area contributed by atoms with Gasteiger partial charge in [0.2, 0.25) is 23.3 Å². The molecule has 0 saturated carbocycles. The molecular weight excluding hydrogens is 1930 g/mol. The number of anilines is 5. The van der Waals surface area contributed by atoms with E-state index in [9.17, 15) is 55.9 Å². The number of hydrogen-bond donors (Lipinski definition) is 8. The number of Topliss-reactive ketones (excluding diaryl/α,β-unsaturated/α-hetero) is 4. The summed E-state index contributed by atoms with van der Waals surface area (Å²) < 4.78 is 109. The van der Waals surface area contributed by atoms with Crippen LogP contribution in [0.3, 0.4) is 0 Å². The van der Waals surface area contributed by atoms with Crippen molar-refractivity contribution in [2.75, 3.05) is 93.0 Å². The number of hydrazone groups is 8. The van der Waals surface area contributed by atoms with Crippen molar-refractivity contribution in [2.45, 2.75) is 54.9 Å². The molecule has 4 amide bonds. The number of carbonyl (C=O) groups excluding carboxylic acids is 8. The molecule has 44 heteroatoms. The highest BCUT2D eigenvalue weighted by Crippen LogP contribution is 2.42. The van der Waals surface area contributed by atoms with E-state index in [1.165, 1.54) is 187 Å². The average Bonchev–Trinajstić information content (AvgIpc) is 1.71. The number of amidine groups is 8. The van der Waals surface area contributed by atoms with Crippen LogP contribution in [0.5, 0.6) is 46.0 Å². The van der Waals surface area contributed by atoms with Crippen LogP contribution < -0.4 is 106 Å². The second kappa shape index (κ2) is 50.5. The van der Waals surface area contributed by atoms with Crippen molar-refractivity contribution in [2.24, 2.45) is 40.8 Å². The molecule has 0 spiro atoms. The Balaban J connectivity index is 0.000000177. The maximum Gasteiger partial charge on any atom is 0.253 e. The molecule has 0 fully saturated rings. The van der Waals surface area contributed by atoms with Crippen molar-refractivity contribution < 1.29 is 98.2 Å². The van der Waals surface area contributed by atoms with Gasteiger partial charge in [0.25, 0.3) is 23.6 Å². The fraction of sp³-hybridized carbons (Fsp3) is 0.175. The molecule has 0 radical (unpaired) electrons. The van der Waals surface area contributed by atoms with Gasteiger partial charge in [-0.05, 0) is 160 Å². The van der Waals surface area contributed by atoms with Gasteiger partial charge in [0, 0.05) is 133 Å². The number of hydrogen-bond acceptors (Lipinski definition) is 35. The minimum absolute atomic E-state index is 0.00254. The van der Waals surface area contributed by atoms with Crippen molar-refractivity contribution in [1.29, 1.82) is 0 Å². The summed E-state index contributed by atoms with van der Waals surface area (Å²) in [6, 6.07) is 46.0. The van der Waals surface area contributed by atoms with Gasteiger partial charge in [-0.25, -0.2) is 22.5 Å². The molecule has 0 atom stereocenters. The van der Waals surface area contributed by atoms with E-state index >= 15 is 0 Å². The Labute approximate surface area is 845 Å². The minimum atomic E-state index is -0.659. The normalized spacial score (nSPS) is 13.1. The highest BCUT2D eigenvalue weighted by molar-refractivity contribution is 6.40. The Kier molecular flexibility index (Phi) is 36.8. The molecule has 39 nitrogen and oxygen atoms in total. The largest absolute Gasteiger partial charge is 0.496 e. The Morgan fingerprint density at radius 1 is 0.415 bits per heavy atom. The molecule has 5 aliphatic heterocycles. The molecular formula is C103H99ClF4N22O17. The number of amides is 4. The second-order valence-corrected chi connectivity index (χ2v) is 32.0. The van der Waals surface area contributed by atoms with E-state index in [0.717, 1.165) is 41.9 Å². The number of oxazole rings is 1. The van der Waals surface area contributed by atoms with Crippen LogP contribution in [0.15, 0.2) is 289 Å². The fourth-order valence-electron chi connectivity index (χ4n) is 13.9. The molecule has 9 aromatic carbocycles. The van der Waals surface area contributed by atoms with Crippen LogP contribution in [-0.4, -0.2) is 167 Å². The third kappa shape index (κ3) is 27.3. The van der Waals surface area contributed by atoms with Gasteiger partial charge in [-0.15, -0.1) is 11.6 Å². The number of alkyl halides is 1. The van der Waals surface area contributed by atoms with Crippen molar-refractivity contribution in [3.05, 3.63) is 306 Å². The summed E-state index contributed by atoms with van der Waals surface area (Å²) >= 11 is 5.90. The lowest BCUT2D eigenvalue weighted by molar-refractivity contribution is -0.114. The zero-order valence-corrected chi connectivity index (χ0v) is 82.4. The number of nitrogens with one attached hydrogen (secondary N) is 8. The molecule has 8 N–H and O–H groups in total. The van der Waals surface area contributed by atoms with Crippen LogP contribution in [-0.2, 0) is 38.4 Å². The number of nitrogens with zero attached hydrogens (tertiary/aromatic N) is 14. The molecule has 758 valence electrons. The Hall–Kier alpha value is -18.8. The van der Waals surface area contributed by atoms with E-state index in [-0.39, 0.29) is 121 Å². The molecule has 15 rings (SSSR count). The quantitative estimate of drug-likeness (QED) is 0.00803. The molecule has 0 bridgehead atoms. The number of methoxy groups -OCH3 is 3. The van der Waals surface area contributed by atoms with Crippen LogP contribution in [0.1, 0.15) is 80.0 Å². The van der Waals surface area contributed by atoms with Gasteiger partial charge in [0.15, 0.2) is 70.1 Å². The summed E-state index contributed by atoms with van der Waals surface area (Å²) in [5.74, 6) is -0.122. The number of halogens is 5. The van der Waals surface area contributed by atoms with Gasteiger partial charge >= 0.3 is 0 Å². The number of likely N-dealkylation sites (N-methyl/N-ethyl adjacent to an activating group) is 4. The zero-order valence-electron chi connectivity index (χ0n) is 81.6. The summed E-state index contributed by atoms with van der Waals surface area (Å²) in [4.78, 5) is 109. The Morgan fingerprint density at radius 3 is 1.14 bits per heavy atom. The van der Waals surface area contributed by atoms with Crippen molar-refractivity contribution in [3.63, 3.8) is 0 Å². The first-order valence-electron chi connectivity index (χ1n) is 44.6. The van der Waals surface area contributed by atoms with Crippen molar-refractivity contribution >= 4 is 140 Å². The van der Waals surface area contributed by atoms with Crippen LogP contribution in [0.2, 0.25) is 0 Å². The molecule has 6 heterocycles. The van der Waals surface area contributed by atoms with Crippen LogP contribution in [0.25, 0.3) is 28.7 Å². The number of carbonyl (C=O) groups is 8. The summed E-state index contributed by atoms with van der Waals surface area (Å²) in [6.45, 7) is 16.6. The van der Waals surface area contributed by atoms with Gasteiger partial charge < -0.3 is 66.8 Å². The number of aromatic nitrogens is 1. The van der Waals surface area contributed by atoms with E-state index in [4.69, 9.17) is 53.9 Å². The predicted octanol–water partition coefficient (Wildman–Crippen LogP) is 13.9. The first kappa shape index (κ1) is 107. The topological polar surface area (TPSA) is 448 Å². The average molecular weight is 2030 g/mol. The SMILES string of the molecule is C=C1C=Cc2ccc(O/C=C/C(=O)N(C)c3cccc(F)c3C3=NNC(C(C)=O)=NN3)cc2O1.CC(=O)C1=NNC(c2c(F)cccc2N(C)C(=O)/C=C/Oc2ccc(C)cc2)=NN1.CCCN(CCCl)c1ccc(O/C=C/C(=O)N(C)c2cccc(F)c2C2=NNC(C(C)=O)=NN2)cc1.COc1ccc(-c2ocnc2-c2cc(OC)c(C)c(OC)c2)cc1O/C=C/C(=O)N(C)c1cccc(F)c1C1=NNC(C(C)=O)=NN1. The monoisotopic (exact) mass is 2030 g/mol. The Bertz CT molecular complexity index is 7110. The number of ketones is 4. The lowest BCUT2D eigenvalue weighted by atomic mass is 10.0. The van der Waals surface area contributed by atoms with E-state index in [2.05, 4.69) is 108 Å². The molecule has 1 aromatic heterocycles. The number of allylic oxidation sites excluding steroid dienone is 1. The van der Waals surface area contributed by atoms with Crippen LogP contribution >= 0.6 is 11.6 Å². The summed E-state index contributed by atoms with van der Waals surface area (Å²) in [5, 5.41) is 31.3. The zero-order chi connectivity index (χ0) is 106. The number of benzene rings is 9. The smallest absolute Gasteiger partial charge is 0.253 e. The first-order chi connectivity index (χ1) is 70.7. The number of aryl methyl sites for hydroxylation is 1. The highest BCUT2D eigenvalue weighted by atomic mass is 35.5. The Morgan fingerprint density at radius 2 is 0.782 bits per heavy atom. The lowest BCUT2D eigenvalue weighted by Crippen LogP contribution is -2.38. The van der Waals surface area contributed by atoms with Gasteiger partial charge in [-0.3, -0.25) is 81.8 Å². The van der Waals surface area contributed by atoms with Gasteiger partial charge in [0.05, 0.1) is 91.4 Å². The predicted molar refractivity (Wildman–Crippen MR) is 550 cm³/mol. The second-order valence-electron chi connectivity index (χ2n) is 31.6. The molecule has 0 unspecified atom stereocenters. The first-order valence-corrected chi connectivity index (χ1v) is 45.1. The fourth-order valence-corrected chi connectivity index (χ4v) is 14.1. The summed E-state index contributed by atoms with van der Waals surface area (Å²) in [7, 11) is 10.6. The molecule has 10 aromatic rings. The highest BCUT2D eigenvalue weighted by Gasteiger charge is 2.30. The maximum atomic E-state index is 15.0. The maximum absolute atomic E-state index is 15.0. The van der Waals surface area contributed by atoms with Crippen molar-refractivity contribution in [1.82, 2.24) is 48.4 Å². The molecule has 0 saturated heterocycles. The summed E-state index contributed by atoms with van der Waals surface area (Å²) in [5.41, 5.74) is 26.8. The minimum Gasteiger partial charge on any atom is -0.496 e.